The highest BCUT2D eigenvalue weighted by atomic mass is 16.5. The highest BCUT2D eigenvalue weighted by Crippen LogP contribution is 2.40. The van der Waals surface area contributed by atoms with Crippen molar-refractivity contribution in [1.82, 2.24) is 0 Å². The van der Waals surface area contributed by atoms with Crippen LogP contribution in [0.3, 0.4) is 0 Å². The Bertz CT molecular complexity index is 2530. The van der Waals surface area contributed by atoms with Gasteiger partial charge in [-0.2, -0.15) is 0 Å². The van der Waals surface area contributed by atoms with Gasteiger partial charge in [-0.3, -0.25) is 0 Å². The molecule has 230 valence electrons. The Balaban J connectivity index is 1.30. The van der Waals surface area contributed by atoms with Crippen molar-refractivity contribution in [3.63, 3.8) is 0 Å². The van der Waals surface area contributed by atoms with Crippen LogP contribution in [0.15, 0.2) is 133 Å². The Labute approximate surface area is 281 Å². The minimum atomic E-state index is -0.127. The van der Waals surface area contributed by atoms with E-state index in [2.05, 4.69) is 158 Å². The molecule has 0 unspecified atom stereocenters. The molecule has 2 N–H and O–H groups in total. The van der Waals surface area contributed by atoms with Gasteiger partial charge in [0, 0.05) is 16.8 Å². The predicted molar refractivity (Wildman–Crippen MR) is 207 cm³/mol. The molecular formula is C44H35BN2O. The molecule has 0 bridgehead atoms. The standard InChI is InChI=1S/C44H35BN2O/c1-4-48-35-20-19-32-21-34(18-17-33(32)22-35)38-23-30-9-5-6-10-31(30)24-39(38)40-25-36-27(2)15-16-28(3)37(36)26-41(40)45-46-42-13-7-11-29-12-8-14-43(47-45)44(29)42/h5-26,46-47H,4H2,1-3H3. The van der Waals surface area contributed by atoms with Crippen molar-refractivity contribution in [2.75, 3.05) is 17.1 Å². The molecule has 0 saturated carbocycles. The van der Waals surface area contributed by atoms with E-state index < -0.39 is 0 Å². The number of aryl methyl sites for hydroxylation is 2. The number of anilines is 2. The van der Waals surface area contributed by atoms with Crippen molar-refractivity contribution >= 4 is 66.9 Å². The van der Waals surface area contributed by atoms with Gasteiger partial charge in [0.2, 0.25) is 0 Å². The molecule has 1 aliphatic heterocycles. The number of rotatable bonds is 5. The molecule has 8 aromatic rings. The molecule has 1 aliphatic rings. The Kier molecular flexibility index (Phi) is 6.65. The third-order valence-electron chi connectivity index (χ3n) is 10.0. The van der Waals surface area contributed by atoms with Crippen LogP contribution in [0.25, 0.3) is 65.3 Å². The normalized spacial score (nSPS) is 12.4. The maximum Gasteiger partial charge on any atom is 0.406 e. The zero-order valence-corrected chi connectivity index (χ0v) is 27.4. The van der Waals surface area contributed by atoms with Gasteiger partial charge in [0.05, 0.1) is 6.61 Å². The van der Waals surface area contributed by atoms with Gasteiger partial charge in [-0.25, -0.2) is 0 Å². The fourth-order valence-electron chi connectivity index (χ4n) is 7.60. The van der Waals surface area contributed by atoms with E-state index in [1.54, 1.807) is 0 Å². The summed E-state index contributed by atoms with van der Waals surface area (Å²) in [6, 6.07) is 49.0. The highest BCUT2D eigenvalue weighted by Gasteiger charge is 2.29. The van der Waals surface area contributed by atoms with Gasteiger partial charge in [-0.1, -0.05) is 84.9 Å². The number of hydrogen-bond donors (Lipinski definition) is 2. The number of hydrogen-bond acceptors (Lipinski definition) is 3. The average molecular weight is 619 g/mol. The van der Waals surface area contributed by atoms with Crippen molar-refractivity contribution in [1.29, 1.82) is 0 Å². The molecule has 3 nitrogen and oxygen atoms in total. The summed E-state index contributed by atoms with van der Waals surface area (Å²) in [6.07, 6.45) is 0. The van der Waals surface area contributed by atoms with E-state index in [0.717, 1.165) is 17.1 Å². The molecule has 0 aliphatic carbocycles. The summed E-state index contributed by atoms with van der Waals surface area (Å²) in [5.41, 5.74) is 10.9. The van der Waals surface area contributed by atoms with Gasteiger partial charge in [-0.15, -0.1) is 0 Å². The number of nitrogens with one attached hydrogen (secondary N) is 2. The van der Waals surface area contributed by atoms with Crippen LogP contribution in [0.5, 0.6) is 5.75 Å². The van der Waals surface area contributed by atoms with Crippen molar-refractivity contribution < 1.29 is 4.74 Å². The second-order valence-electron chi connectivity index (χ2n) is 13.0. The lowest BCUT2D eigenvalue weighted by molar-refractivity contribution is 0.341. The second kappa shape index (κ2) is 11.2. The molecule has 8 aromatic carbocycles. The summed E-state index contributed by atoms with van der Waals surface area (Å²) in [5.74, 6) is 0.903. The van der Waals surface area contributed by atoms with Gasteiger partial charge in [0.15, 0.2) is 0 Å². The molecular weight excluding hydrogens is 583 g/mol. The van der Waals surface area contributed by atoms with Crippen molar-refractivity contribution in [2.45, 2.75) is 20.8 Å². The maximum atomic E-state index is 5.81. The summed E-state index contributed by atoms with van der Waals surface area (Å²) in [6.45, 7) is 6.99. The molecule has 0 spiro atoms. The minimum absolute atomic E-state index is 0.127. The first-order valence-electron chi connectivity index (χ1n) is 16.8. The maximum absolute atomic E-state index is 5.81. The lowest BCUT2D eigenvalue weighted by Crippen LogP contribution is -2.48. The number of fused-ring (bicyclic) bond motifs is 3. The fraction of sp³-hybridized carbons (Fsp3) is 0.0909. The topological polar surface area (TPSA) is 33.3 Å². The van der Waals surface area contributed by atoms with E-state index in [1.807, 2.05) is 6.92 Å². The monoisotopic (exact) mass is 618 g/mol. The van der Waals surface area contributed by atoms with Gasteiger partial charge >= 0.3 is 6.98 Å². The van der Waals surface area contributed by atoms with E-state index in [-0.39, 0.29) is 6.98 Å². The third-order valence-corrected chi connectivity index (χ3v) is 10.0. The van der Waals surface area contributed by atoms with Crippen LogP contribution in [-0.4, -0.2) is 13.6 Å². The molecule has 0 amide bonds. The summed E-state index contributed by atoms with van der Waals surface area (Å²) in [7, 11) is 0. The first-order chi connectivity index (χ1) is 23.5. The van der Waals surface area contributed by atoms with Crippen LogP contribution in [0, 0.1) is 13.8 Å². The van der Waals surface area contributed by atoms with Crippen molar-refractivity contribution in [3.05, 3.63) is 145 Å². The molecule has 4 heteroatoms. The van der Waals surface area contributed by atoms with Crippen LogP contribution in [0.4, 0.5) is 11.4 Å². The smallest absolute Gasteiger partial charge is 0.406 e. The minimum Gasteiger partial charge on any atom is -0.494 e. The summed E-state index contributed by atoms with van der Waals surface area (Å²) in [5, 5.41) is 17.7. The van der Waals surface area contributed by atoms with E-state index in [9.17, 15) is 0 Å². The Hall–Kier alpha value is -5.74. The van der Waals surface area contributed by atoms with Crippen LogP contribution in [0.1, 0.15) is 18.1 Å². The largest absolute Gasteiger partial charge is 0.494 e. The Morgan fingerprint density at radius 3 is 1.83 bits per heavy atom. The first-order valence-corrected chi connectivity index (χ1v) is 16.8. The van der Waals surface area contributed by atoms with Crippen LogP contribution in [0.2, 0.25) is 0 Å². The van der Waals surface area contributed by atoms with Gasteiger partial charge < -0.3 is 15.2 Å². The number of benzene rings is 8. The molecule has 0 atom stereocenters. The molecule has 0 radical (unpaired) electrons. The fourth-order valence-corrected chi connectivity index (χ4v) is 7.60. The third kappa shape index (κ3) is 4.67. The van der Waals surface area contributed by atoms with E-state index >= 15 is 0 Å². The molecule has 48 heavy (non-hydrogen) atoms. The zero-order valence-electron chi connectivity index (χ0n) is 27.4. The van der Waals surface area contributed by atoms with Crippen LogP contribution >= 0.6 is 0 Å². The van der Waals surface area contributed by atoms with Gasteiger partial charge in [0.1, 0.15) is 5.75 Å². The predicted octanol–water partition coefficient (Wildman–Crippen LogP) is 10.9. The molecule has 0 saturated heterocycles. The Morgan fingerprint density at radius 2 is 1.12 bits per heavy atom. The zero-order chi connectivity index (χ0) is 32.4. The van der Waals surface area contributed by atoms with Gasteiger partial charge in [0.25, 0.3) is 0 Å². The van der Waals surface area contributed by atoms with Crippen LogP contribution < -0.4 is 20.7 Å². The number of ether oxygens (including phenoxy) is 1. The molecule has 0 fully saturated rings. The summed E-state index contributed by atoms with van der Waals surface area (Å²) < 4.78 is 5.81. The quantitative estimate of drug-likeness (QED) is 0.188. The average Bonchev–Trinajstić information content (AvgIpc) is 3.12. The lowest BCUT2D eigenvalue weighted by Gasteiger charge is -2.29. The first kappa shape index (κ1) is 28.5. The molecule has 9 rings (SSSR count). The molecule has 1 heterocycles. The van der Waals surface area contributed by atoms with Crippen molar-refractivity contribution in [3.8, 4) is 28.0 Å². The van der Waals surface area contributed by atoms with Crippen LogP contribution in [-0.2, 0) is 0 Å². The second-order valence-corrected chi connectivity index (χ2v) is 13.0. The van der Waals surface area contributed by atoms with E-state index in [4.69, 9.17) is 4.74 Å². The summed E-state index contributed by atoms with van der Waals surface area (Å²) >= 11 is 0. The van der Waals surface area contributed by atoms with Crippen molar-refractivity contribution in [2.24, 2.45) is 0 Å². The van der Waals surface area contributed by atoms with E-state index in [1.165, 1.54) is 81.9 Å². The Morgan fingerprint density at radius 1 is 0.521 bits per heavy atom. The van der Waals surface area contributed by atoms with E-state index in [0.29, 0.717) is 6.61 Å². The highest BCUT2D eigenvalue weighted by molar-refractivity contribution is 6.81. The summed E-state index contributed by atoms with van der Waals surface area (Å²) in [4.78, 5) is 0. The SMILES string of the molecule is CCOc1ccc2cc(-c3cc4ccccc4cc3-c3cc4c(C)ccc(C)c4cc3B3Nc4cccc5cccc(c45)N3)ccc2c1. The van der Waals surface area contributed by atoms with Gasteiger partial charge in [-0.05, 0) is 146 Å². The lowest BCUT2D eigenvalue weighted by atomic mass is 9.62. The molecule has 0 aromatic heterocycles.